The molecule has 0 saturated carbocycles. The zero-order valence-corrected chi connectivity index (χ0v) is 19.4. The fourth-order valence-corrected chi connectivity index (χ4v) is 3.14. The second-order valence-electron chi connectivity index (χ2n) is 7.12. The van der Waals surface area contributed by atoms with Gasteiger partial charge in [-0.1, -0.05) is 11.8 Å². The Morgan fingerprint density at radius 3 is 2.33 bits per heavy atom. The third-order valence-electron chi connectivity index (χ3n) is 3.81. The molecule has 1 aromatic rings. The number of carboxylic acids is 2. The predicted molar refractivity (Wildman–Crippen MR) is 121 cm³/mol. The van der Waals surface area contributed by atoms with E-state index in [4.69, 9.17) is 15.9 Å². The Balaban J connectivity index is 2.92. The average molecular weight is 487 g/mol. The van der Waals surface area contributed by atoms with E-state index in [1.807, 2.05) is 20.8 Å². The summed E-state index contributed by atoms with van der Waals surface area (Å²) in [6.45, 7) is 5.65. The molecule has 0 radical (unpaired) electrons. The summed E-state index contributed by atoms with van der Waals surface area (Å²) < 4.78 is 0. The smallest absolute Gasteiger partial charge is 0.322 e. The van der Waals surface area contributed by atoms with Crippen molar-refractivity contribution in [1.82, 2.24) is 25.6 Å². The fraction of sp³-hybridized carbons (Fsp3) is 0.611. The Bertz CT molecular complexity index is 840. The van der Waals surface area contributed by atoms with E-state index in [1.54, 1.807) is 0 Å². The summed E-state index contributed by atoms with van der Waals surface area (Å²) in [6.07, 6.45) is -0.346. The Morgan fingerprint density at radius 2 is 1.76 bits per heavy atom. The van der Waals surface area contributed by atoms with E-state index < -0.39 is 42.4 Å². The predicted octanol–water partition coefficient (Wildman–Crippen LogP) is -0.906. The van der Waals surface area contributed by atoms with Crippen LogP contribution in [0.15, 0.2) is 5.16 Å². The Labute approximate surface area is 194 Å². The summed E-state index contributed by atoms with van der Waals surface area (Å²) in [4.78, 5) is 59.0. The number of anilines is 2. The lowest BCUT2D eigenvalue weighted by Gasteiger charge is -2.18. The number of hydrogen-bond donors (Lipinski definition) is 7. The number of hydrogen-bond acceptors (Lipinski definition) is 11. The molecule has 1 heterocycles. The number of nitrogens with two attached hydrogens (primary N) is 1. The number of carbonyl (C=O) groups excluding carboxylic acids is 2. The van der Waals surface area contributed by atoms with E-state index >= 15 is 0 Å². The standard InChI is InChI=1S/C18H30N8O6S/c1-4-20-16-24-17(22-9(2)3)26-18(25-16)33-8-11(14(30)21-7-13(28)29)23-12(27)6-5-10(19)15(31)32/h9-11H,4-8,19H2,1-3H3,(H,21,30)(H,23,27)(H,28,29)(H,31,32)(H2,20,22,24,25,26)/t10-,11-/m0/s1. The molecule has 0 aromatic carbocycles. The average Bonchev–Trinajstić information content (AvgIpc) is 2.72. The van der Waals surface area contributed by atoms with Crippen molar-refractivity contribution in [2.24, 2.45) is 5.73 Å². The minimum Gasteiger partial charge on any atom is -0.480 e. The van der Waals surface area contributed by atoms with Gasteiger partial charge >= 0.3 is 11.9 Å². The van der Waals surface area contributed by atoms with Crippen molar-refractivity contribution in [3.8, 4) is 0 Å². The van der Waals surface area contributed by atoms with Gasteiger partial charge in [-0.3, -0.25) is 19.2 Å². The summed E-state index contributed by atoms with van der Waals surface area (Å²) in [5.41, 5.74) is 5.40. The SMILES string of the molecule is CCNc1nc(NC(C)C)nc(SC[C@H](NC(=O)CC[C@H](N)C(=O)O)C(=O)NCC(=O)O)n1. The zero-order valence-electron chi connectivity index (χ0n) is 18.6. The number of aliphatic carboxylic acids is 2. The molecule has 0 unspecified atom stereocenters. The van der Waals surface area contributed by atoms with Crippen molar-refractivity contribution in [2.75, 3.05) is 29.5 Å². The third-order valence-corrected chi connectivity index (χ3v) is 4.75. The lowest BCUT2D eigenvalue weighted by molar-refractivity contribution is -0.139. The van der Waals surface area contributed by atoms with Crippen molar-refractivity contribution >= 4 is 47.4 Å². The minimum absolute atomic E-state index is 0.0150. The van der Waals surface area contributed by atoms with Crippen LogP contribution < -0.4 is 27.0 Å². The van der Waals surface area contributed by atoms with E-state index in [9.17, 15) is 19.2 Å². The molecular formula is C18H30N8O6S. The van der Waals surface area contributed by atoms with Crippen LogP contribution in [-0.4, -0.2) is 85.9 Å². The number of amides is 2. The minimum atomic E-state index is -1.24. The van der Waals surface area contributed by atoms with Gasteiger partial charge in [0.1, 0.15) is 18.6 Å². The van der Waals surface area contributed by atoms with Crippen molar-refractivity contribution in [1.29, 1.82) is 0 Å². The lowest BCUT2D eigenvalue weighted by Crippen LogP contribution is -2.49. The van der Waals surface area contributed by atoms with Gasteiger partial charge in [0.25, 0.3) is 0 Å². The zero-order chi connectivity index (χ0) is 25.0. The van der Waals surface area contributed by atoms with Gasteiger partial charge in [0.05, 0.1) is 0 Å². The maximum atomic E-state index is 12.4. The molecule has 0 saturated heterocycles. The lowest BCUT2D eigenvalue weighted by atomic mass is 10.1. The summed E-state index contributed by atoms with van der Waals surface area (Å²) in [5, 5.41) is 28.6. The number of nitrogens with one attached hydrogen (secondary N) is 4. The highest BCUT2D eigenvalue weighted by Gasteiger charge is 2.23. The molecule has 1 aromatic heterocycles. The summed E-state index contributed by atoms with van der Waals surface area (Å²) in [7, 11) is 0. The van der Waals surface area contributed by atoms with Crippen molar-refractivity contribution in [3.05, 3.63) is 0 Å². The first kappa shape index (κ1) is 27.8. The molecular weight excluding hydrogens is 456 g/mol. The maximum Gasteiger partial charge on any atom is 0.322 e. The molecule has 2 atom stereocenters. The van der Waals surface area contributed by atoms with Gasteiger partial charge in [0.2, 0.25) is 23.7 Å². The van der Waals surface area contributed by atoms with Crippen LogP contribution in [0, 0.1) is 0 Å². The normalized spacial score (nSPS) is 12.5. The number of aromatic nitrogens is 3. The molecule has 15 heteroatoms. The molecule has 33 heavy (non-hydrogen) atoms. The Kier molecular flexibility index (Phi) is 11.9. The first-order chi connectivity index (χ1) is 15.5. The first-order valence-electron chi connectivity index (χ1n) is 10.2. The number of thioether (sulfide) groups is 1. The van der Waals surface area contributed by atoms with Crippen LogP contribution in [0.4, 0.5) is 11.9 Å². The molecule has 0 aliphatic heterocycles. The molecule has 1 rings (SSSR count). The summed E-state index contributed by atoms with van der Waals surface area (Å²) >= 11 is 1.06. The van der Waals surface area contributed by atoms with E-state index in [0.29, 0.717) is 18.4 Å². The summed E-state index contributed by atoms with van der Waals surface area (Å²) in [6, 6.07) is -2.28. The van der Waals surface area contributed by atoms with E-state index in [-0.39, 0.29) is 29.8 Å². The monoisotopic (exact) mass is 486 g/mol. The van der Waals surface area contributed by atoms with Crippen LogP contribution in [0.3, 0.4) is 0 Å². The molecule has 0 fully saturated rings. The highest BCUT2D eigenvalue weighted by Crippen LogP contribution is 2.18. The van der Waals surface area contributed by atoms with Gasteiger partial charge in [0.15, 0.2) is 5.16 Å². The Hall–Kier alpha value is -3.20. The number of carboxylic acid groups (broad SMARTS) is 2. The highest BCUT2D eigenvalue weighted by molar-refractivity contribution is 7.99. The maximum absolute atomic E-state index is 12.4. The van der Waals surface area contributed by atoms with Crippen molar-refractivity contribution in [3.63, 3.8) is 0 Å². The van der Waals surface area contributed by atoms with Crippen LogP contribution in [0.5, 0.6) is 0 Å². The van der Waals surface area contributed by atoms with Gasteiger partial charge in [-0.2, -0.15) is 15.0 Å². The van der Waals surface area contributed by atoms with Crippen LogP contribution in [0.2, 0.25) is 0 Å². The van der Waals surface area contributed by atoms with E-state index in [1.165, 1.54) is 0 Å². The van der Waals surface area contributed by atoms with Crippen LogP contribution in [0.1, 0.15) is 33.6 Å². The van der Waals surface area contributed by atoms with E-state index in [0.717, 1.165) is 11.8 Å². The number of nitrogens with zero attached hydrogens (tertiary/aromatic N) is 3. The highest BCUT2D eigenvalue weighted by atomic mass is 32.2. The summed E-state index contributed by atoms with van der Waals surface area (Å²) in [5.74, 6) is -3.17. The molecule has 0 aliphatic carbocycles. The molecule has 0 spiro atoms. The first-order valence-corrected chi connectivity index (χ1v) is 11.2. The molecule has 184 valence electrons. The van der Waals surface area contributed by atoms with Crippen LogP contribution >= 0.6 is 11.8 Å². The second kappa shape index (κ2) is 14.1. The molecule has 0 aliphatic rings. The van der Waals surface area contributed by atoms with Gasteiger partial charge in [-0.15, -0.1) is 0 Å². The van der Waals surface area contributed by atoms with Crippen molar-refractivity contribution < 1.29 is 29.4 Å². The van der Waals surface area contributed by atoms with Crippen molar-refractivity contribution in [2.45, 2.75) is 56.9 Å². The largest absolute Gasteiger partial charge is 0.480 e. The number of rotatable bonds is 15. The second-order valence-corrected chi connectivity index (χ2v) is 8.11. The Morgan fingerprint density at radius 1 is 1.09 bits per heavy atom. The van der Waals surface area contributed by atoms with Gasteiger partial charge in [-0.05, 0) is 27.2 Å². The fourth-order valence-electron chi connectivity index (χ4n) is 2.28. The molecule has 14 nitrogen and oxygen atoms in total. The van der Waals surface area contributed by atoms with Crippen LogP contribution in [0.25, 0.3) is 0 Å². The number of carbonyl (C=O) groups is 4. The quantitative estimate of drug-likeness (QED) is 0.149. The topological polar surface area (TPSA) is 222 Å². The third kappa shape index (κ3) is 11.3. The molecule has 2 amide bonds. The van der Waals surface area contributed by atoms with Gasteiger partial charge in [-0.25, -0.2) is 0 Å². The van der Waals surface area contributed by atoms with E-state index in [2.05, 4.69) is 36.2 Å². The van der Waals surface area contributed by atoms with Crippen LogP contribution in [-0.2, 0) is 19.2 Å². The van der Waals surface area contributed by atoms with Gasteiger partial charge < -0.3 is 37.2 Å². The molecule has 0 bridgehead atoms. The van der Waals surface area contributed by atoms with Gasteiger partial charge in [0, 0.05) is 24.8 Å². The molecule has 8 N–H and O–H groups in total.